The van der Waals surface area contributed by atoms with E-state index in [2.05, 4.69) is 22.9 Å². The van der Waals surface area contributed by atoms with Crippen molar-refractivity contribution in [1.29, 1.82) is 0 Å². The Morgan fingerprint density at radius 2 is 2.25 bits per heavy atom. The number of hydrogen-bond donors (Lipinski definition) is 0. The van der Waals surface area contributed by atoms with Gasteiger partial charge in [0, 0.05) is 12.6 Å². The van der Waals surface area contributed by atoms with Crippen molar-refractivity contribution in [1.82, 2.24) is 4.98 Å². The van der Waals surface area contributed by atoms with E-state index in [1.165, 1.54) is 32.1 Å². The van der Waals surface area contributed by atoms with Crippen LogP contribution in [0.2, 0.25) is 5.15 Å². The maximum atomic E-state index is 5.96. The van der Waals surface area contributed by atoms with Crippen LogP contribution in [0.1, 0.15) is 39.0 Å². The Balaban J connectivity index is 2.21. The molecule has 3 heteroatoms. The fourth-order valence-corrected chi connectivity index (χ4v) is 2.62. The maximum absolute atomic E-state index is 5.96. The number of rotatable bonds is 2. The summed E-state index contributed by atoms with van der Waals surface area (Å²) >= 11 is 5.96. The van der Waals surface area contributed by atoms with E-state index in [1.807, 2.05) is 12.1 Å². The summed E-state index contributed by atoms with van der Waals surface area (Å²) in [6, 6.07) is 6.53. The number of hydrogen-bond acceptors (Lipinski definition) is 2. The highest BCUT2D eigenvalue weighted by atomic mass is 35.5. The van der Waals surface area contributed by atoms with Gasteiger partial charge in [-0.2, -0.15) is 0 Å². The zero-order chi connectivity index (χ0) is 11.4. The summed E-state index contributed by atoms with van der Waals surface area (Å²) in [5.41, 5.74) is 0. The highest BCUT2D eigenvalue weighted by Gasteiger charge is 2.20. The van der Waals surface area contributed by atoms with E-state index in [9.17, 15) is 0 Å². The Kier molecular flexibility index (Phi) is 4.05. The summed E-state index contributed by atoms with van der Waals surface area (Å²) in [6.45, 7) is 3.37. The van der Waals surface area contributed by atoms with Crippen molar-refractivity contribution in [2.45, 2.75) is 45.1 Å². The zero-order valence-corrected chi connectivity index (χ0v) is 10.6. The Morgan fingerprint density at radius 1 is 1.38 bits per heavy atom. The Bertz CT molecular complexity index is 340. The molecule has 88 valence electrons. The molecule has 0 bridgehead atoms. The monoisotopic (exact) mass is 238 g/mol. The minimum atomic E-state index is 0.594. The molecule has 0 N–H and O–H groups in total. The number of anilines is 1. The second-order valence-electron chi connectivity index (χ2n) is 4.42. The normalized spacial score (nSPS) is 21.9. The van der Waals surface area contributed by atoms with Crippen LogP contribution in [0, 0.1) is 0 Å². The minimum absolute atomic E-state index is 0.594. The number of aromatic nitrogens is 1. The van der Waals surface area contributed by atoms with E-state index >= 15 is 0 Å². The molecular weight excluding hydrogens is 220 g/mol. The molecule has 2 rings (SSSR count). The van der Waals surface area contributed by atoms with E-state index in [0.717, 1.165) is 12.4 Å². The SMILES string of the molecule is CCC1CCCCCN1c1cccc(Cl)n1. The molecule has 0 aromatic carbocycles. The third-order valence-electron chi connectivity index (χ3n) is 3.34. The number of pyridine rings is 1. The number of halogens is 1. The second-order valence-corrected chi connectivity index (χ2v) is 4.81. The molecule has 1 aromatic rings. The van der Waals surface area contributed by atoms with Gasteiger partial charge in [0.15, 0.2) is 0 Å². The van der Waals surface area contributed by atoms with Crippen molar-refractivity contribution >= 4 is 17.4 Å². The van der Waals surface area contributed by atoms with Crippen LogP contribution in [0.25, 0.3) is 0 Å². The standard InChI is InChI=1S/C13H19ClN2/c1-2-11-7-4-3-5-10-16(11)13-9-6-8-12(14)15-13/h6,8-9,11H,2-5,7,10H2,1H3. The molecule has 0 saturated carbocycles. The van der Waals surface area contributed by atoms with Gasteiger partial charge in [-0.1, -0.05) is 37.4 Å². The van der Waals surface area contributed by atoms with Crippen molar-refractivity contribution in [3.63, 3.8) is 0 Å². The molecular formula is C13H19ClN2. The Labute approximate surface area is 103 Å². The average Bonchev–Trinajstić information content (AvgIpc) is 2.53. The van der Waals surface area contributed by atoms with E-state index < -0.39 is 0 Å². The summed E-state index contributed by atoms with van der Waals surface area (Å²) < 4.78 is 0. The van der Waals surface area contributed by atoms with Crippen LogP contribution in [0.3, 0.4) is 0 Å². The summed E-state index contributed by atoms with van der Waals surface area (Å²) in [4.78, 5) is 6.86. The molecule has 1 aliphatic rings. The highest BCUT2D eigenvalue weighted by Crippen LogP contribution is 2.25. The van der Waals surface area contributed by atoms with Gasteiger partial charge in [-0.15, -0.1) is 0 Å². The Morgan fingerprint density at radius 3 is 3.00 bits per heavy atom. The predicted octanol–water partition coefficient (Wildman–Crippen LogP) is 3.89. The lowest BCUT2D eigenvalue weighted by Gasteiger charge is -2.30. The van der Waals surface area contributed by atoms with Crippen molar-refractivity contribution in [3.8, 4) is 0 Å². The largest absolute Gasteiger partial charge is 0.354 e. The molecule has 0 aliphatic carbocycles. The summed E-state index contributed by atoms with van der Waals surface area (Å²) in [7, 11) is 0. The van der Waals surface area contributed by atoms with Gasteiger partial charge in [-0.25, -0.2) is 4.98 Å². The van der Waals surface area contributed by atoms with Gasteiger partial charge in [-0.05, 0) is 31.4 Å². The van der Waals surface area contributed by atoms with Gasteiger partial charge in [0.1, 0.15) is 11.0 Å². The highest BCUT2D eigenvalue weighted by molar-refractivity contribution is 6.29. The van der Waals surface area contributed by atoms with Crippen molar-refractivity contribution in [2.24, 2.45) is 0 Å². The first-order chi connectivity index (χ1) is 7.81. The third kappa shape index (κ3) is 2.67. The second kappa shape index (κ2) is 5.53. The van der Waals surface area contributed by atoms with Gasteiger partial charge in [0.25, 0.3) is 0 Å². The first-order valence-electron chi connectivity index (χ1n) is 6.20. The lowest BCUT2D eigenvalue weighted by molar-refractivity contribution is 0.552. The predicted molar refractivity (Wildman–Crippen MR) is 69.1 cm³/mol. The van der Waals surface area contributed by atoms with Gasteiger partial charge in [-0.3, -0.25) is 0 Å². The summed E-state index contributed by atoms with van der Waals surface area (Å²) in [6.07, 6.45) is 6.42. The molecule has 1 saturated heterocycles. The van der Waals surface area contributed by atoms with Crippen molar-refractivity contribution in [2.75, 3.05) is 11.4 Å². The van der Waals surface area contributed by atoms with Gasteiger partial charge >= 0.3 is 0 Å². The smallest absolute Gasteiger partial charge is 0.131 e. The number of nitrogens with zero attached hydrogens (tertiary/aromatic N) is 2. The first-order valence-corrected chi connectivity index (χ1v) is 6.58. The molecule has 0 radical (unpaired) electrons. The molecule has 1 aliphatic heterocycles. The minimum Gasteiger partial charge on any atom is -0.354 e. The zero-order valence-electron chi connectivity index (χ0n) is 9.82. The van der Waals surface area contributed by atoms with E-state index in [0.29, 0.717) is 11.2 Å². The Hall–Kier alpha value is -0.760. The van der Waals surface area contributed by atoms with E-state index in [4.69, 9.17) is 11.6 Å². The molecule has 1 atom stereocenters. The lowest BCUT2D eigenvalue weighted by Crippen LogP contribution is -2.34. The van der Waals surface area contributed by atoms with E-state index in [1.54, 1.807) is 0 Å². The van der Waals surface area contributed by atoms with Gasteiger partial charge in [0.2, 0.25) is 0 Å². The van der Waals surface area contributed by atoms with Crippen LogP contribution in [0.4, 0.5) is 5.82 Å². The maximum Gasteiger partial charge on any atom is 0.131 e. The average molecular weight is 239 g/mol. The molecule has 1 unspecified atom stereocenters. The van der Waals surface area contributed by atoms with E-state index in [-0.39, 0.29) is 0 Å². The summed E-state index contributed by atoms with van der Waals surface area (Å²) in [5.74, 6) is 1.04. The molecule has 1 fully saturated rings. The van der Waals surface area contributed by atoms with Crippen LogP contribution in [-0.2, 0) is 0 Å². The molecule has 0 spiro atoms. The quantitative estimate of drug-likeness (QED) is 0.727. The van der Waals surface area contributed by atoms with Crippen LogP contribution in [-0.4, -0.2) is 17.6 Å². The molecule has 16 heavy (non-hydrogen) atoms. The van der Waals surface area contributed by atoms with Gasteiger partial charge in [0.05, 0.1) is 0 Å². The summed E-state index contributed by atoms with van der Waals surface area (Å²) in [5, 5.41) is 0.594. The molecule has 2 nitrogen and oxygen atoms in total. The molecule has 2 heterocycles. The van der Waals surface area contributed by atoms with Crippen LogP contribution >= 0.6 is 11.6 Å². The molecule has 0 amide bonds. The van der Waals surface area contributed by atoms with Crippen LogP contribution in [0.15, 0.2) is 18.2 Å². The fourth-order valence-electron chi connectivity index (χ4n) is 2.46. The van der Waals surface area contributed by atoms with Crippen LogP contribution in [0.5, 0.6) is 0 Å². The van der Waals surface area contributed by atoms with Crippen LogP contribution < -0.4 is 4.90 Å². The lowest BCUT2D eigenvalue weighted by atomic mass is 10.1. The topological polar surface area (TPSA) is 16.1 Å². The fraction of sp³-hybridized carbons (Fsp3) is 0.615. The van der Waals surface area contributed by atoms with Crippen molar-refractivity contribution in [3.05, 3.63) is 23.4 Å². The van der Waals surface area contributed by atoms with Gasteiger partial charge < -0.3 is 4.90 Å². The third-order valence-corrected chi connectivity index (χ3v) is 3.55. The van der Waals surface area contributed by atoms with Crippen molar-refractivity contribution < 1.29 is 0 Å². The molecule has 1 aromatic heterocycles. The first kappa shape index (κ1) is 11.7.